The fourth-order valence-electron chi connectivity index (χ4n) is 3.14. The first kappa shape index (κ1) is 21.4. The average molecular weight is 470 g/mol. The number of aryl methyl sites for hydroxylation is 1. The van der Waals surface area contributed by atoms with Gasteiger partial charge in [-0.2, -0.15) is 0 Å². The number of hydrogen-bond donors (Lipinski definition) is 1. The summed E-state index contributed by atoms with van der Waals surface area (Å²) in [6, 6.07) is 19.7. The normalized spacial score (nSPS) is 10.9. The van der Waals surface area contributed by atoms with E-state index in [2.05, 4.69) is 10.3 Å². The minimum absolute atomic E-state index is 0.0664. The van der Waals surface area contributed by atoms with Gasteiger partial charge in [-0.3, -0.25) is 14.2 Å². The number of carbonyl (C=O) groups excluding carboxylic acids is 1. The van der Waals surface area contributed by atoms with E-state index in [1.54, 1.807) is 34.9 Å². The lowest BCUT2D eigenvalue weighted by atomic mass is 10.2. The van der Waals surface area contributed by atoms with Crippen molar-refractivity contribution >= 4 is 57.5 Å². The van der Waals surface area contributed by atoms with E-state index in [0.717, 1.165) is 11.3 Å². The number of thioether (sulfide) groups is 1. The molecule has 156 valence electrons. The van der Waals surface area contributed by atoms with E-state index in [0.29, 0.717) is 31.8 Å². The van der Waals surface area contributed by atoms with Gasteiger partial charge in [-0.25, -0.2) is 4.98 Å². The standard InChI is InChI=1S/C23H17Cl2N3O2S/c1-14-6-2-5-9-20(14)28-22(30)16-7-3-4-8-19(16)27-23(28)31-13-21(29)26-15-10-11-17(24)18(25)12-15/h2-12H,13H2,1H3,(H,26,29). The minimum Gasteiger partial charge on any atom is -0.325 e. The van der Waals surface area contributed by atoms with Crippen LogP contribution in [0.1, 0.15) is 5.56 Å². The van der Waals surface area contributed by atoms with Gasteiger partial charge in [0, 0.05) is 5.69 Å². The summed E-state index contributed by atoms with van der Waals surface area (Å²) in [5, 5.41) is 4.53. The Morgan fingerprint density at radius 2 is 1.77 bits per heavy atom. The number of hydrogen-bond acceptors (Lipinski definition) is 4. The van der Waals surface area contributed by atoms with Crippen molar-refractivity contribution in [2.75, 3.05) is 11.1 Å². The highest BCUT2D eigenvalue weighted by Gasteiger charge is 2.16. The quantitative estimate of drug-likeness (QED) is 0.299. The van der Waals surface area contributed by atoms with Gasteiger partial charge in [0.1, 0.15) is 0 Å². The second-order valence-electron chi connectivity index (χ2n) is 6.80. The Morgan fingerprint density at radius 1 is 1.03 bits per heavy atom. The number of nitrogens with one attached hydrogen (secondary N) is 1. The molecule has 0 saturated carbocycles. The third-order valence-electron chi connectivity index (χ3n) is 4.64. The van der Waals surface area contributed by atoms with E-state index in [4.69, 9.17) is 23.2 Å². The summed E-state index contributed by atoms with van der Waals surface area (Å²) in [5.41, 5.74) is 2.63. The predicted molar refractivity (Wildman–Crippen MR) is 128 cm³/mol. The Labute approximate surface area is 193 Å². The topological polar surface area (TPSA) is 64.0 Å². The van der Waals surface area contributed by atoms with Crippen LogP contribution >= 0.6 is 35.0 Å². The molecule has 31 heavy (non-hydrogen) atoms. The van der Waals surface area contributed by atoms with Crippen LogP contribution in [0.2, 0.25) is 10.0 Å². The zero-order valence-electron chi connectivity index (χ0n) is 16.4. The minimum atomic E-state index is -0.248. The Balaban J connectivity index is 1.67. The number of halogens is 2. The molecule has 4 rings (SSSR count). The first-order valence-corrected chi connectivity index (χ1v) is 11.1. The van der Waals surface area contributed by atoms with E-state index in [-0.39, 0.29) is 17.2 Å². The lowest BCUT2D eigenvalue weighted by Gasteiger charge is -2.15. The molecule has 8 heteroatoms. The molecule has 0 atom stereocenters. The van der Waals surface area contributed by atoms with E-state index >= 15 is 0 Å². The molecule has 1 heterocycles. The van der Waals surface area contributed by atoms with E-state index < -0.39 is 0 Å². The molecule has 0 bridgehead atoms. The molecular weight excluding hydrogens is 453 g/mol. The number of benzene rings is 3. The summed E-state index contributed by atoms with van der Waals surface area (Å²) in [6.07, 6.45) is 0. The van der Waals surface area contributed by atoms with Gasteiger partial charge >= 0.3 is 0 Å². The number of amides is 1. The second kappa shape index (κ2) is 9.14. The molecule has 1 amide bonds. The highest BCUT2D eigenvalue weighted by atomic mass is 35.5. The Kier molecular flexibility index (Phi) is 6.32. The van der Waals surface area contributed by atoms with Gasteiger partial charge in [0.15, 0.2) is 5.16 Å². The Hall–Kier alpha value is -2.80. The summed E-state index contributed by atoms with van der Waals surface area (Å²) in [5.74, 6) is -0.182. The van der Waals surface area contributed by atoms with Gasteiger partial charge in [-0.1, -0.05) is 65.3 Å². The van der Waals surface area contributed by atoms with Crippen LogP contribution in [-0.4, -0.2) is 21.2 Å². The number of para-hydroxylation sites is 2. The molecule has 0 spiro atoms. The SMILES string of the molecule is Cc1ccccc1-n1c(SCC(=O)Nc2ccc(Cl)c(Cl)c2)nc2ccccc2c1=O. The van der Waals surface area contributed by atoms with Gasteiger partial charge in [0.2, 0.25) is 5.91 Å². The van der Waals surface area contributed by atoms with Crippen molar-refractivity contribution in [1.82, 2.24) is 9.55 Å². The zero-order valence-corrected chi connectivity index (χ0v) is 18.8. The van der Waals surface area contributed by atoms with Gasteiger partial charge in [0.25, 0.3) is 5.56 Å². The first-order valence-electron chi connectivity index (χ1n) is 9.39. The molecule has 4 aromatic rings. The molecule has 0 fully saturated rings. The van der Waals surface area contributed by atoms with Crippen molar-refractivity contribution in [2.24, 2.45) is 0 Å². The highest BCUT2D eigenvalue weighted by Crippen LogP contribution is 2.26. The molecule has 1 aromatic heterocycles. The van der Waals surface area contributed by atoms with Gasteiger partial charge < -0.3 is 5.32 Å². The molecule has 0 unspecified atom stereocenters. The molecule has 0 aliphatic rings. The van der Waals surface area contributed by atoms with Crippen LogP contribution in [0, 0.1) is 6.92 Å². The third-order valence-corrected chi connectivity index (χ3v) is 6.31. The maximum atomic E-state index is 13.3. The lowest BCUT2D eigenvalue weighted by molar-refractivity contribution is -0.113. The maximum absolute atomic E-state index is 13.3. The summed E-state index contributed by atoms with van der Waals surface area (Å²) in [6.45, 7) is 1.93. The smallest absolute Gasteiger partial charge is 0.266 e. The van der Waals surface area contributed by atoms with Crippen molar-refractivity contribution in [1.29, 1.82) is 0 Å². The first-order chi connectivity index (χ1) is 14.9. The predicted octanol–water partition coefficient (Wildman–Crippen LogP) is 5.73. The van der Waals surface area contributed by atoms with Crippen LogP contribution in [0.5, 0.6) is 0 Å². The summed E-state index contributed by atoms with van der Waals surface area (Å²) < 4.78 is 1.56. The molecule has 3 aromatic carbocycles. The van der Waals surface area contributed by atoms with E-state index in [1.165, 1.54) is 11.8 Å². The second-order valence-corrected chi connectivity index (χ2v) is 8.56. The molecule has 0 aliphatic carbocycles. The molecule has 0 aliphatic heterocycles. The molecular formula is C23H17Cl2N3O2S. The van der Waals surface area contributed by atoms with Crippen LogP contribution in [0.3, 0.4) is 0 Å². The Morgan fingerprint density at radius 3 is 2.55 bits per heavy atom. The van der Waals surface area contributed by atoms with E-state index in [1.807, 2.05) is 43.3 Å². The average Bonchev–Trinajstić information content (AvgIpc) is 2.76. The van der Waals surface area contributed by atoms with Gasteiger partial charge in [0.05, 0.1) is 32.4 Å². The lowest BCUT2D eigenvalue weighted by Crippen LogP contribution is -2.23. The van der Waals surface area contributed by atoms with Crippen LogP contribution < -0.4 is 10.9 Å². The van der Waals surface area contributed by atoms with Crippen molar-refractivity contribution < 1.29 is 4.79 Å². The van der Waals surface area contributed by atoms with Gasteiger partial charge in [-0.15, -0.1) is 0 Å². The Bertz CT molecular complexity index is 1350. The number of nitrogens with zero attached hydrogens (tertiary/aromatic N) is 2. The fourth-order valence-corrected chi connectivity index (χ4v) is 4.24. The summed E-state index contributed by atoms with van der Waals surface area (Å²) in [7, 11) is 0. The van der Waals surface area contributed by atoms with Crippen LogP contribution in [-0.2, 0) is 4.79 Å². The van der Waals surface area contributed by atoms with Crippen LogP contribution in [0.15, 0.2) is 76.7 Å². The molecule has 1 N–H and O–H groups in total. The van der Waals surface area contributed by atoms with Crippen molar-refractivity contribution in [3.8, 4) is 5.69 Å². The van der Waals surface area contributed by atoms with E-state index in [9.17, 15) is 9.59 Å². The molecule has 0 saturated heterocycles. The molecule has 5 nitrogen and oxygen atoms in total. The van der Waals surface area contributed by atoms with Crippen LogP contribution in [0.4, 0.5) is 5.69 Å². The molecule has 0 radical (unpaired) electrons. The number of aromatic nitrogens is 2. The van der Waals surface area contributed by atoms with Gasteiger partial charge in [-0.05, 0) is 48.9 Å². The number of rotatable bonds is 5. The summed E-state index contributed by atoms with van der Waals surface area (Å²) in [4.78, 5) is 30.5. The number of carbonyl (C=O) groups is 1. The summed E-state index contributed by atoms with van der Waals surface area (Å²) >= 11 is 13.1. The largest absolute Gasteiger partial charge is 0.325 e. The zero-order chi connectivity index (χ0) is 22.0. The highest BCUT2D eigenvalue weighted by molar-refractivity contribution is 7.99. The number of anilines is 1. The monoisotopic (exact) mass is 469 g/mol. The van der Waals surface area contributed by atoms with Crippen LogP contribution in [0.25, 0.3) is 16.6 Å². The third kappa shape index (κ3) is 4.61. The number of fused-ring (bicyclic) bond motifs is 1. The van der Waals surface area contributed by atoms with Crippen molar-refractivity contribution in [3.05, 3.63) is 92.7 Å². The van der Waals surface area contributed by atoms with Crippen molar-refractivity contribution in [2.45, 2.75) is 12.1 Å². The van der Waals surface area contributed by atoms with Crippen molar-refractivity contribution in [3.63, 3.8) is 0 Å². The maximum Gasteiger partial charge on any atom is 0.266 e. The fraction of sp³-hybridized carbons (Fsp3) is 0.0870.